The molecule has 0 aromatic heterocycles. The van der Waals surface area contributed by atoms with Crippen molar-refractivity contribution in [3.05, 3.63) is 11.7 Å². The van der Waals surface area contributed by atoms with Crippen LogP contribution in [0.2, 0.25) is 0 Å². The first-order valence-corrected chi connectivity index (χ1v) is 4.98. The van der Waals surface area contributed by atoms with Crippen LogP contribution in [0.15, 0.2) is 16.6 Å². The number of hydrogen-bond acceptors (Lipinski definition) is 3. The molecule has 0 amide bonds. The van der Waals surface area contributed by atoms with Gasteiger partial charge in [0.1, 0.15) is 11.4 Å². The third-order valence-electron chi connectivity index (χ3n) is 2.11. The van der Waals surface area contributed by atoms with Crippen LogP contribution in [0.1, 0.15) is 26.7 Å². The van der Waals surface area contributed by atoms with Crippen LogP contribution in [0, 0.1) is 0 Å². The summed E-state index contributed by atoms with van der Waals surface area (Å²) in [7, 11) is 0. The minimum Gasteiger partial charge on any atom is -0.480 e. The normalized spacial score (nSPS) is 17.4. The molecule has 0 rings (SSSR count). The van der Waals surface area contributed by atoms with E-state index in [4.69, 9.17) is 16.6 Å². The van der Waals surface area contributed by atoms with Crippen molar-refractivity contribution in [2.75, 3.05) is 6.54 Å². The molecule has 5 nitrogen and oxygen atoms in total. The van der Waals surface area contributed by atoms with E-state index in [-0.39, 0.29) is 18.7 Å². The number of carbonyl (C=O) groups is 1. The number of amidine groups is 1. The largest absolute Gasteiger partial charge is 0.480 e. The molecule has 0 fully saturated rings. The van der Waals surface area contributed by atoms with Gasteiger partial charge in [-0.25, -0.2) is 8.78 Å². The molecule has 0 aliphatic heterocycles. The van der Waals surface area contributed by atoms with Crippen molar-refractivity contribution in [1.82, 2.24) is 0 Å². The Balaban J connectivity index is 4.43. The number of allylic oxidation sites excluding steroid dienone is 1. The van der Waals surface area contributed by atoms with Crippen LogP contribution < -0.4 is 11.5 Å². The van der Waals surface area contributed by atoms with Gasteiger partial charge in [-0.05, 0) is 20.3 Å². The van der Waals surface area contributed by atoms with E-state index in [1.165, 1.54) is 13.8 Å². The first-order chi connectivity index (χ1) is 7.66. The number of hydrogen-bond donors (Lipinski definition) is 3. The van der Waals surface area contributed by atoms with Gasteiger partial charge in [-0.15, -0.1) is 0 Å². The van der Waals surface area contributed by atoms with E-state index < -0.39 is 29.7 Å². The van der Waals surface area contributed by atoms with Gasteiger partial charge in [-0.2, -0.15) is 0 Å². The summed E-state index contributed by atoms with van der Waals surface area (Å²) in [4.78, 5) is 14.1. The highest BCUT2D eigenvalue weighted by molar-refractivity contribution is 5.78. The molecule has 5 N–H and O–H groups in total. The number of carboxylic acids is 1. The van der Waals surface area contributed by atoms with E-state index in [9.17, 15) is 13.6 Å². The third-order valence-corrected chi connectivity index (χ3v) is 2.11. The zero-order chi connectivity index (χ0) is 13.6. The quantitative estimate of drug-likeness (QED) is 0.484. The maximum Gasteiger partial charge on any atom is 0.323 e. The number of carboxylic acid groups (broad SMARTS) is 1. The second-order valence-corrected chi connectivity index (χ2v) is 3.99. The molecule has 0 aromatic rings. The van der Waals surface area contributed by atoms with Crippen molar-refractivity contribution in [1.29, 1.82) is 0 Å². The van der Waals surface area contributed by atoms with Gasteiger partial charge in [0.25, 0.3) is 0 Å². The topological polar surface area (TPSA) is 102 Å². The number of aliphatic carboxylic acids is 1. The standard InChI is InChI=1S/C10H17F2N3O2/c1-6(13)15-5-8(12)7(11)3-4-10(2,14)9(16)17/h3-5,14H2,1-2H3,(H2,13,15)(H,16,17)/t10-/m1/s1. The van der Waals surface area contributed by atoms with Crippen LogP contribution in [0.25, 0.3) is 0 Å². The Hall–Kier alpha value is -1.50. The minimum absolute atomic E-state index is 0.141. The lowest BCUT2D eigenvalue weighted by molar-refractivity contribution is -0.142. The van der Waals surface area contributed by atoms with E-state index in [1.54, 1.807) is 0 Å². The molecule has 0 aliphatic carbocycles. The molecule has 0 radical (unpaired) electrons. The summed E-state index contributed by atoms with van der Waals surface area (Å²) in [6.07, 6.45) is -0.586. The fourth-order valence-electron chi connectivity index (χ4n) is 0.892. The Morgan fingerprint density at radius 2 is 1.94 bits per heavy atom. The van der Waals surface area contributed by atoms with Gasteiger partial charge >= 0.3 is 5.97 Å². The molecule has 7 heteroatoms. The predicted octanol–water partition coefficient (Wildman–Crippen LogP) is 1.10. The molecular formula is C10H17F2N3O2. The smallest absolute Gasteiger partial charge is 0.323 e. The number of nitrogens with two attached hydrogens (primary N) is 2. The molecule has 0 aliphatic rings. The number of aliphatic imine (C=N–C) groups is 1. The van der Waals surface area contributed by atoms with E-state index >= 15 is 0 Å². The summed E-state index contributed by atoms with van der Waals surface area (Å²) < 4.78 is 26.3. The maximum absolute atomic E-state index is 13.2. The molecule has 0 aromatic carbocycles. The van der Waals surface area contributed by atoms with Gasteiger partial charge in [0.2, 0.25) is 0 Å². The van der Waals surface area contributed by atoms with Crippen LogP contribution in [-0.2, 0) is 4.79 Å². The van der Waals surface area contributed by atoms with Crippen LogP contribution in [0.4, 0.5) is 8.78 Å². The lowest BCUT2D eigenvalue weighted by Gasteiger charge is -2.18. The molecule has 0 unspecified atom stereocenters. The summed E-state index contributed by atoms with van der Waals surface area (Å²) in [6, 6.07) is 0. The lowest BCUT2D eigenvalue weighted by atomic mass is 9.97. The zero-order valence-electron chi connectivity index (χ0n) is 9.83. The number of nitrogens with zero attached hydrogens (tertiary/aromatic N) is 1. The zero-order valence-corrected chi connectivity index (χ0v) is 9.83. The van der Waals surface area contributed by atoms with E-state index in [0.29, 0.717) is 0 Å². The third kappa shape index (κ3) is 5.96. The Morgan fingerprint density at radius 3 is 2.35 bits per heavy atom. The van der Waals surface area contributed by atoms with Crippen LogP contribution >= 0.6 is 0 Å². The van der Waals surface area contributed by atoms with Crippen LogP contribution in [-0.4, -0.2) is 29.0 Å². The lowest BCUT2D eigenvalue weighted by Crippen LogP contribution is -2.44. The first kappa shape index (κ1) is 15.5. The molecule has 0 spiro atoms. The SMILES string of the molecule is CC(N)=NCC(F)=C(F)CC[C@@](C)(N)C(=O)O. The van der Waals surface area contributed by atoms with Crippen molar-refractivity contribution in [2.24, 2.45) is 16.5 Å². The molecule has 17 heavy (non-hydrogen) atoms. The van der Waals surface area contributed by atoms with Gasteiger partial charge in [0.05, 0.1) is 12.4 Å². The molecule has 0 saturated heterocycles. The van der Waals surface area contributed by atoms with E-state index in [1.807, 2.05) is 0 Å². The van der Waals surface area contributed by atoms with Crippen LogP contribution in [0.5, 0.6) is 0 Å². The fraction of sp³-hybridized carbons (Fsp3) is 0.600. The molecule has 0 heterocycles. The minimum atomic E-state index is -1.58. The molecule has 1 atom stereocenters. The van der Waals surface area contributed by atoms with Crippen molar-refractivity contribution in [3.63, 3.8) is 0 Å². The summed E-state index contributed by atoms with van der Waals surface area (Å²) >= 11 is 0. The summed E-state index contributed by atoms with van der Waals surface area (Å²) in [5, 5.41) is 8.67. The Labute approximate surface area is 98.2 Å². The second-order valence-electron chi connectivity index (χ2n) is 3.99. The first-order valence-electron chi connectivity index (χ1n) is 4.98. The van der Waals surface area contributed by atoms with Crippen LogP contribution in [0.3, 0.4) is 0 Å². The van der Waals surface area contributed by atoms with Gasteiger partial charge in [-0.1, -0.05) is 0 Å². The highest BCUT2D eigenvalue weighted by Gasteiger charge is 2.28. The Bertz CT molecular complexity index is 347. The van der Waals surface area contributed by atoms with E-state index in [0.717, 1.165) is 0 Å². The average Bonchev–Trinajstić information content (AvgIpc) is 2.22. The molecular weight excluding hydrogens is 232 g/mol. The van der Waals surface area contributed by atoms with Gasteiger partial charge < -0.3 is 16.6 Å². The maximum atomic E-state index is 13.2. The Kier molecular flexibility index (Phi) is 5.73. The predicted molar refractivity (Wildman–Crippen MR) is 60.9 cm³/mol. The van der Waals surface area contributed by atoms with E-state index in [2.05, 4.69) is 4.99 Å². The Morgan fingerprint density at radius 1 is 1.41 bits per heavy atom. The summed E-state index contributed by atoms with van der Waals surface area (Å²) in [5.74, 6) is -3.23. The molecule has 0 saturated carbocycles. The van der Waals surface area contributed by atoms with Crippen molar-refractivity contribution >= 4 is 11.8 Å². The molecule has 0 bridgehead atoms. The average molecular weight is 249 g/mol. The number of rotatable bonds is 6. The monoisotopic (exact) mass is 249 g/mol. The van der Waals surface area contributed by atoms with Crippen molar-refractivity contribution < 1.29 is 18.7 Å². The van der Waals surface area contributed by atoms with Gasteiger partial charge in [0.15, 0.2) is 5.83 Å². The highest BCUT2D eigenvalue weighted by Crippen LogP contribution is 2.19. The summed E-state index contributed by atoms with van der Waals surface area (Å²) in [5.41, 5.74) is 8.96. The highest BCUT2D eigenvalue weighted by atomic mass is 19.2. The van der Waals surface area contributed by atoms with Crippen molar-refractivity contribution in [3.8, 4) is 0 Å². The summed E-state index contributed by atoms with van der Waals surface area (Å²) in [6.45, 7) is 2.21. The van der Waals surface area contributed by atoms with Crippen molar-refractivity contribution in [2.45, 2.75) is 32.2 Å². The fourth-order valence-corrected chi connectivity index (χ4v) is 0.892. The molecule has 98 valence electrons. The van der Waals surface area contributed by atoms with Gasteiger partial charge in [0, 0.05) is 6.42 Å². The number of halogens is 2. The van der Waals surface area contributed by atoms with Gasteiger partial charge in [-0.3, -0.25) is 9.79 Å². The second kappa shape index (κ2) is 6.29.